The molecular formula is C16H23NO5. The normalized spacial score (nSPS) is 11.0. The van der Waals surface area contributed by atoms with Gasteiger partial charge >= 0.3 is 5.97 Å². The molecule has 0 aliphatic carbocycles. The molecule has 0 radical (unpaired) electrons. The summed E-state index contributed by atoms with van der Waals surface area (Å²) in [7, 11) is 1.47. The largest absolute Gasteiger partial charge is 0.496 e. The second kappa shape index (κ2) is 7.79. The van der Waals surface area contributed by atoms with Crippen molar-refractivity contribution in [3.05, 3.63) is 23.8 Å². The molecule has 22 heavy (non-hydrogen) atoms. The highest BCUT2D eigenvalue weighted by atomic mass is 16.5. The van der Waals surface area contributed by atoms with Crippen molar-refractivity contribution in [3.8, 4) is 5.75 Å². The van der Waals surface area contributed by atoms with Crippen LogP contribution in [0.3, 0.4) is 0 Å². The highest BCUT2D eigenvalue weighted by molar-refractivity contribution is 5.99. The monoisotopic (exact) mass is 309 g/mol. The summed E-state index contributed by atoms with van der Waals surface area (Å²) >= 11 is 0. The minimum atomic E-state index is -0.960. The Bertz CT molecular complexity index is 539. The third-order valence-electron chi connectivity index (χ3n) is 3.00. The summed E-state index contributed by atoms with van der Waals surface area (Å²) in [5, 5.41) is 2.73. The van der Waals surface area contributed by atoms with E-state index in [0.29, 0.717) is 18.0 Å². The zero-order chi connectivity index (χ0) is 16.8. The zero-order valence-corrected chi connectivity index (χ0v) is 13.7. The van der Waals surface area contributed by atoms with Crippen LogP contribution in [0, 0.1) is 0 Å². The summed E-state index contributed by atoms with van der Waals surface area (Å²) < 4.78 is 15.5. The Morgan fingerprint density at radius 3 is 2.41 bits per heavy atom. The molecule has 6 nitrogen and oxygen atoms in total. The van der Waals surface area contributed by atoms with Crippen LogP contribution < -0.4 is 10.1 Å². The third-order valence-corrected chi connectivity index (χ3v) is 3.00. The van der Waals surface area contributed by atoms with Gasteiger partial charge in [-0.3, -0.25) is 4.79 Å². The second-order valence-corrected chi connectivity index (χ2v) is 5.03. The Kier molecular flexibility index (Phi) is 6.37. The fraction of sp³-hybridized carbons (Fsp3) is 0.500. The van der Waals surface area contributed by atoms with Gasteiger partial charge in [-0.15, -0.1) is 0 Å². The van der Waals surface area contributed by atoms with Gasteiger partial charge in [-0.25, -0.2) is 4.79 Å². The Hall–Kier alpha value is -2.08. The molecule has 0 saturated heterocycles. The molecule has 0 unspecified atom stereocenters. The van der Waals surface area contributed by atoms with Gasteiger partial charge in [0.1, 0.15) is 16.9 Å². The van der Waals surface area contributed by atoms with Crippen molar-refractivity contribution in [1.29, 1.82) is 0 Å². The standard InChI is InChI=1S/C16H23NO5/c1-6-21-14(18)12-10-11(8-9-13(12)20-5)17-15(19)16(3,4)22-7-2/h8-10H,6-7H2,1-5H3,(H,17,19). The first kappa shape index (κ1) is 18.0. The van der Waals surface area contributed by atoms with E-state index in [9.17, 15) is 9.59 Å². The summed E-state index contributed by atoms with van der Waals surface area (Å²) in [6, 6.07) is 4.79. The van der Waals surface area contributed by atoms with Crippen LogP contribution in [0.4, 0.5) is 5.69 Å². The summed E-state index contributed by atoms with van der Waals surface area (Å²) in [6.07, 6.45) is 0. The number of rotatable bonds is 7. The van der Waals surface area contributed by atoms with Crippen LogP contribution in [0.2, 0.25) is 0 Å². The lowest BCUT2D eigenvalue weighted by Crippen LogP contribution is -2.39. The van der Waals surface area contributed by atoms with Gasteiger partial charge in [0.15, 0.2) is 0 Å². The summed E-state index contributed by atoms with van der Waals surface area (Å²) in [5.41, 5.74) is -0.225. The van der Waals surface area contributed by atoms with Crippen molar-refractivity contribution >= 4 is 17.6 Å². The first-order valence-corrected chi connectivity index (χ1v) is 7.16. The van der Waals surface area contributed by atoms with E-state index in [1.807, 2.05) is 6.92 Å². The van der Waals surface area contributed by atoms with Gasteiger partial charge in [-0.05, 0) is 45.9 Å². The van der Waals surface area contributed by atoms with Crippen LogP contribution >= 0.6 is 0 Å². The summed E-state index contributed by atoms with van der Waals surface area (Å²) in [4.78, 5) is 24.1. The lowest BCUT2D eigenvalue weighted by atomic mass is 10.1. The quantitative estimate of drug-likeness (QED) is 0.784. The van der Waals surface area contributed by atoms with E-state index >= 15 is 0 Å². The molecule has 1 N–H and O–H groups in total. The maximum atomic E-state index is 12.2. The molecule has 1 aromatic carbocycles. The number of carbonyl (C=O) groups is 2. The molecule has 0 atom stereocenters. The fourth-order valence-electron chi connectivity index (χ4n) is 1.86. The number of benzene rings is 1. The Morgan fingerprint density at radius 2 is 1.86 bits per heavy atom. The molecule has 1 aromatic rings. The minimum absolute atomic E-state index is 0.260. The first-order chi connectivity index (χ1) is 10.4. The molecule has 0 spiro atoms. The lowest BCUT2D eigenvalue weighted by molar-refractivity contribution is -0.136. The number of methoxy groups -OCH3 is 1. The van der Waals surface area contributed by atoms with E-state index in [2.05, 4.69) is 5.32 Å². The molecule has 0 saturated carbocycles. The predicted octanol–water partition coefficient (Wildman–Crippen LogP) is 2.63. The van der Waals surface area contributed by atoms with Gasteiger partial charge in [0.25, 0.3) is 5.91 Å². The predicted molar refractivity (Wildman–Crippen MR) is 83.3 cm³/mol. The number of anilines is 1. The molecule has 0 fully saturated rings. The molecule has 6 heteroatoms. The van der Waals surface area contributed by atoms with Gasteiger partial charge in [-0.2, -0.15) is 0 Å². The maximum Gasteiger partial charge on any atom is 0.341 e. The number of carbonyl (C=O) groups excluding carboxylic acids is 2. The summed E-state index contributed by atoms with van der Waals surface area (Å²) in [5.74, 6) is -0.408. The van der Waals surface area contributed by atoms with Crippen LogP contribution in [0.15, 0.2) is 18.2 Å². The van der Waals surface area contributed by atoms with E-state index < -0.39 is 11.6 Å². The zero-order valence-electron chi connectivity index (χ0n) is 13.7. The fourth-order valence-corrected chi connectivity index (χ4v) is 1.86. The van der Waals surface area contributed by atoms with Crippen molar-refractivity contribution in [2.75, 3.05) is 25.6 Å². The topological polar surface area (TPSA) is 73.9 Å². The van der Waals surface area contributed by atoms with E-state index in [-0.39, 0.29) is 18.1 Å². The smallest absolute Gasteiger partial charge is 0.341 e. The molecular weight excluding hydrogens is 286 g/mol. The van der Waals surface area contributed by atoms with E-state index in [4.69, 9.17) is 14.2 Å². The Morgan fingerprint density at radius 1 is 1.18 bits per heavy atom. The second-order valence-electron chi connectivity index (χ2n) is 5.03. The van der Waals surface area contributed by atoms with Gasteiger partial charge in [0, 0.05) is 12.3 Å². The molecule has 122 valence electrons. The highest BCUT2D eigenvalue weighted by Gasteiger charge is 2.28. The van der Waals surface area contributed by atoms with Crippen LogP contribution in [0.25, 0.3) is 0 Å². The summed E-state index contributed by atoms with van der Waals surface area (Å²) in [6.45, 7) is 7.60. The third kappa shape index (κ3) is 4.46. The van der Waals surface area contributed by atoms with E-state index in [0.717, 1.165) is 0 Å². The number of ether oxygens (including phenoxy) is 3. The first-order valence-electron chi connectivity index (χ1n) is 7.16. The minimum Gasteiger partial charge on any atom is -0.496 e. The van der Waals surface area contributed by atoms with Crippen molar-refractivity contribution in [3.63, 3.8) is 0 Å². The molecule has 0 aliphatic rings. The van der Waals surface area contributed by atoms with Gasteiger partial charge < -0.3 is 19.5 Å². The number of esters is 1. The van der Waals surface area contributed by atoms with Crippen LogP contribution in [0.5, 0.6) is 5.75 Å². The SMILES string of the molecule is CCOC(=O)c1cc(NC(=O)C(C)(C)OCC)ccc1OC. The van der Waals surface area contributed by atoms with Crippen LogP contribution in [-0.4, -0.2) is 37.8 Å². The van der Waals surface area contributed by atoms with Crippen molar-refractivity contribution in [2.24, 2.45) is 0 Å². The molecule has 0 aliphatic heterocycles. The molecule has 1 amide bonds. The number of hydrogen-bond donors (Lipinski definition) is 1. The van der Waals surface area contributed by atoms with Gasteiger partial charge in [-0.1, -0.05) is 0 Å². The number of amides is 1. The van der Waals surface area contributed by atoms with Gasteiger partial charge in [0.2, 0.25) is 0 Å². The van der Waals surface area contributed by atoms with E-state index in [1.54, 1.807) is 32.9 Å². The van der Waals surface area contributed by atoms with Crippen molar-refractivity contribution in [1.82, 2.24) is 0 Å². The highest BCUT2D eigenvalue weighted by Crippen LogP contribution is 2.24. The number of nitrogens with one attached hydrogen (secondary N) is 1. The number of hydrogen-bond acceptors (Lipinski definition) is 5. The average molecular weight is 309 g/mol. The maximum absolute atomic E-state index is 12.2. The van der Waals surface area contributed by atoms with Crippen LogP contribution in [-0.2, 0) is 14.3 Å². The van der Waals surface area contributed by atoms with Crippen molar-refractivity contribution in [2.45, 2.75) is 33.3 Å². The molecule has 0 heterocycles. The average Bonchev–Trinajstić information content (AvgIpc) is 2.47. The molecule has 1 rings (SSSR count). The molecule has 0 aromatic heterocycles. The lowest BCUT2D eigenvalue weighted by Gasteiger charge is -2.23. The van der Waals surface area contributed by atoms with Crippen molar-refractivity contribution < 1.29 is 23.8 Å². The van der Waals surface area contributed by atoms with Gasteiger partial charge in [0.05, 0.1) is 13.7 Å². The van der Waals surface area contributed by atoms with Crippen LogP contribution in [0.1, 0.15) is 38.1 Å². The van der Waals surface area contributed by atoms with E-state index in [1.165, 1.54) is 13.2 Å². The molecule has 0 bridgehead atoms. The Balaban J connectivity index is 3.00. The Labute approximate surface area is 130 Å².